The van der Waals surface area contributed by atoms with Crippen molar-refractivity contribution in [2.75, 3.05) is 6.54 Å². The van der Waals surface area contributed by atoms with Crippen molar-refractivity contribution in [2.45, 2.75) is 6.42 Å². The molecule has 0 bridgehead atoms. The third-order valence-corrected chi connectivity index (χ3v) is 0.973. The molecule has 0 unspecified atom stereocenters. The Labute approximate surface area is 62.4 Å². The summed E-state index contributed by atoms with van der Waals surface area (Å²) in [6, 6.07) is 0. The molecule has 2 nitrogen and oxygen atoms in total. The van der Waals surface area contributed by atoms with Crippen LogP contribution in [0.1, 0.15) is 6.42 Å². The van der Waals surface area contributed by atoms with E-state index in [9.17, 15) is 4.21 Å². The number of thiocarbonyl (C=S) groups is 1. The van der Waals surface area contributed by atoms with Crippen molar-refractivity contribution in [3.8, 4) is 0 Å². The van der Waals surface area contributed by atoms with Crippen LogP contribution in [0.15, 0.2) is 11.1 Å². The first-order valence-electron chi connectivity index (χ1n) is 2.31. The molecule has 0 aliphatic carbocycles. The number of aliphatic imine (C=N–C) groups is 1. The minimum Gasteiger partial charge on any atom is -0.232 e. The largest absolute Gasteiger partial charge is 0.232 e. The first kappa shape index (κ1) is 8.47. The molecule has 0 heterocycles. The Hall–Kier alpha value is -0.530. The van der Waals surface area contributed by atoms with Gasteiger partial charge in [0.05, 0.1) is 11.7 Å². The minimum absolute atomic E-state index is 0.316. The summed E-state index contributed by atoms with van der Waals surface area (Å²) in [5.74, 6) is 0. The van der Waals surface area contributed by atoms with Crippen molar-refractivity contribution < 1.29 is 4.21 Å². The number of hydrogen-bond donors (Lipinski definition) is 0. The van der Waals surface area contributed by atoms with Crippen LogP contribution >= 0.6 is 12.2 Å². The summed E-state index contributed by atoms with van der Waals surface area (Å²) >= 11 is 4.63. The fourth-order valence-electron chi connectivity index (χ4n) is 0.268. The third kappa shape index (κ3) is 7.47. The molecule has 0 saturated carbocycles. The predicted octanol–water partition coefficient (Wildman–Crippen LogP) is 0.650. The SMILES string of the molecule is O=S=C=CCCN=C=S. The Bertz CT molecular complexity index is 195. The zero-order valence-electron chi connectivity index (χ0n) is 4.66. The van der Waals surface area contributed by atoms with Gasteiger partial charge < -0.3 is 0 Å². The molecule has 0 rings (SSSR count). The van der Waals surface area contributed by atoms with E-state index < -0.39 is 0 Å². The van der Waals surface area contributed by atoms with Gasteiger partial charge in [-0.1, -0.05) is 0 Å². The molecule has 0 N–H and O–H groups in total. The second kappa shape index (κ2) is 7.47. The number of hydrogen-bond acceptors (Lipinski definition) is 3. The van der Waals surface area contributed by atoms with Crippen LogP contribution in [0.3, 0.4) is 0 Å². The van der Waals surface area contributed by atoms with E-state index in [0.717, 1.165) is 0 Å². The molecule has 4 heteroatoms. The second-order valence-electron chi connectivity index (χ2n) is 1.17. The molecule has 0 radical (unpaired) electrons. The standard InChI is InChI=1S/C5H5NOS2/c7-9-4-2-1-3-6-5-8/h2H,1,3H2. The van der Waals surface area contributed by atoms with E-state index in [2.05, 4.69) is 27.4 Å². The van der Waals surface area contributed by atoms with Crippen molar-refractivity contribution in [1.29, 1.82) is 0 Å². The van der Waals surface area contributed by atoms with Gasteiger partial charge >= 0.3 is 0 Å². The summed E-state index contributed by atoms with van der Waals surface area (Å²) in [6.45, 7) is 0.594. The zero-order chi connectivity index (χ0) is 6.95. The molecule has 0 aromatic carbocycles. The van der Waals surface area contributed by atoms with Crippen LogP contribution in [-0.4, -0.2) is 20.9 Å². The number of nitrogens with zero attached hydrogens (tertiary/aromatic N) is 1. The Kier molecular flexibility index (Phi) is 7.03. The highest BCUT2D eigenvalue weighted by molar-refractivity contribution is 7.78. The average Bonchev–Trinajstić information content (AvgIpc) is 1.89. The molecule has 0 aliphatic heterocycles. The Morgan fingerprint density at radius 2 is 2.56 bits per heavy atom. The molecule has 0 spiro atoms. The molecule has 0 amide bonds. The molecule has 0 saturated heterocycles. The van der Waals surface area contributed by atoms with Gasteiger partial charge in [-0.05, 0) is 29.7 Å². The molecule has 9 heavy (non-hydrogen) atoms. The summed E-state index contributed by atoms with van der Waals surface area (Å²) in [7, 11) is 0. The second-order valence-corrected chi connectivity index (χ2v) is 1.75. The maximum atomic E-state index is 9.67. The van der Waals surface area contributed by atoms with Crippen molar-refractivity contribution in [3.63, 3.8) is 0 Å². The first-order chi connectivity index (χ1) is 4.41. The topological polar surface area (TPSA) is 29.4 Å². The van der Waals surface area contributed by atoms with Gasteiger partial charge in [0.25, 0.3) is 0 Å². The van der Waals surface area contributed by atoms with Crippen LogP contribution in [0.4, 0.5) is 0 Å². The van der Waals surface area contributed by atoms with E-state index in [1.807, 2.05) is 0 Å². The number of rotatable bonds is 3. The highest BCUT2D eigenvalue weighted by Gasteiger charge is 1.71. The van der Waals surface area contributed by atoms with Gasteiger partial charge in [0.2, 0.25) is 0 Å². The maximum absolute atomic E-state index is 9.67. The quantitative estimate of drug-likeness (QED) is 0.344. The van der Waals surface area contributed by atoms with E-state index in [1.165, 1.54) is 0 Å². The van der Waals surface area contributed by atoms with Crippen molar-refractivity contribution in [1.82, 2.24) is 0 Å². The molecule has 0 aromatic rings. The van der Waals surface area contributed by atoms with E-state index in [-0.39, 0.29) is 0 Å². The highest BCUT2D eigenvalue weighted by Crippen LogP contribution is 1.76. The van der Waals surface area contributed by atoms with Crippen LogP contribution in [-0.2, 0) is 11.3 Å². The fraction of sp³-hybridized carbons (Fsp3) is 0.400. The average molecular weight is 159 g/mol. The lowest BCUT2D eigenvalue weighted by Gasteiger charge is -1.76. The van der Waals surface area contributed by atoms with E-state index in [0.29, 0.717) is 24.2 Å². The van der Waals surface area contributed by atoms with Gasteiger partial charge in [0.1, 0.15) is 11.3 Å². The van der Waals surface area contributed by atoms with Crippen molar-refractivity contribution >= 4 is 33.7 Å². The van der Waals surface area contributed by atoms with Crippen LogP contribution in [0.2, 0.25) is 0 Å². The van der Waals surface area contributed by atoms with E-state index in [4.69, 9.17) is 0 Å². The van der Waals surface area contributed by atoms with Crippen LogP contribution in [0.5, 0.6) is 0 Å². The van der Waals surface area contributed by atoms with E-state index >= 15 is 0 Å². The lowest BCUT2D eigenvalue weighted by molar-refractivity contribution is 0.701. The smallest absolute Gasteiger partial charge is 0.141 e. The van der Waals surface area contributed by atoms with Gasteiger partial charge in [0, 0.05) is 0 Å². The van der Waals surface area contributed by atoms with Gasteiger partial charge in [-0.15, -0.1) is 0 Å². The van der Waals surface area contributed by atoms with Crippen molar-refractivity contribution in [3.05, 3.63) is 6.08 Å². The van der Waals surface area contributed by atoms with Gasteiger partial charge in [-0.2, -0.15) is 0 Å². The lowest BCUT2D eigenvalue weighted by atomic mass is 10.4. The Balaban J connectivity index is 3.41. The van der Waals surface area contributed by atoms with Crippen LogP contribution < -0.4 is 0 Å². The van der Waals surface area contributed by atoms with Gasteiger partial charge in [-0.25, -0.2) is 9.20 Å². The highest BCUT2D eigenvalue weighted by atomic mass is 32.1. The summed E-state index contributed by atoms with van der Waals surface area (Å²) in [5, 5.41) is 4.64. The first-order valence-corrected chi connectivity index (χ1v) is 3.46. The van der Waals surface area contributed by atoms with Crippen LogP contribution in [0, 0.1) is 0 Å². The Morgan fingerprint density at radius 1 is 1.78 bits per heavy atom. The fourth-order valence-corrected chi connectivity index (χ4v) is 0.545. The normalized spacial score (nSPS) is 6.67. The Morgan fingerprint density at radius 3 is 3.11 bits per heavy atom. The minimum atomic E-state index is 0.316. The van der Waals surface area contributed by atoms with Crippen molar-refractivity contribution in [2.24, 2.45) is 4.99 Å². The molecule has 0 aliphatic rings. The summed E-state index contributed by atoms with van der Waals surface area (Å²) in [4.78, 5) is 3.63. The molecular formula is C5H5NOS2. The monoisotopic (exact) mass is 159 g/mol. The van der Waals surface area contributed by atoms with E-state index in [1.54, 1.807) is 6.08 Å². The molecule has 0 aromatic heterocycles. The predicted molar refractivity (Wildman–Crippen MR) is 42.2 cm³/mol. The molecule has 0 fully saturated rings. The van der Waals surface area contributed by atoms with Crippen LogP contribution in [0.25, 0.3) is 0 Å². The summed E-state index contributed by atoms with van der Waals surface area (Å²) < 4.78 is 9.67. The zero-order valence-corrected chi connectivity index (χ0v) is 6.30. The maximum Gasteiger partial charge on any atom is 0.141 e. The lowest BCUT2D eigenvalue weighted by Crippen LogP contribution is -1.73. The molecular weight excluding hydrogens is 154 g/mol. The summed E-state index contributed by atoms with van der Waals surface area (Å²) in [5.41, 5.74) is 0. The molecule has 48 valence electrons. The number of isothiocyanates is 1. The summed E-state index contributed by atoms with van der Waals surface area (Å²) in [6.07, 6.45) is 2.34. The van der Waals surface area contributed by atoms with Gasteiger partial charge in [0.15, 0.2) is 0 Å². The molecule has 0 atom stereocenters. The van der Waals surface area contributed by atoms with Gasteiger partial charge in [-0.3, -0.25) is 0 Å². The third-order valence-electron chi connectivity index (χ3n) is 0.581.